The second-order valence-electron chi connectivity index (χ2n) is 8.67. The number of fused-ring (bicyclic) bond motifs is 1. The van der Waals surface area contributed by atoms with E-state index < -0.39 is 43.2 Å². The van der Waals surface area contributed by atoms with Crippen LogP contribution in [0.2, 0.25) is 0 Å². The molecule has 198 valence electrons. The van der Waals surface area contributed by atoms with Crippen molar-refractivity contribution >= 4 is 29.0 Å². The molecule has 0 radical (unpaired) electrons. The van der Waals surface area contributed by atoms with E-state index in [2.05, 4.69) is 28.1 Å². The number of nitrogens with zero attached hydrogens (tertiary/aromatic N) is 1. The number of ether oxygens (including phenoxy) is 3. The maximum atomic E-state index is 11.7. The molecule has 1 saturated heterocycles. The summed E-state index contributed by atoms with van der Waals surface area (Å²) in [6.07, 6.45) is -1.08. The van der Waals surface area contributed by atoms with E-state index in [0.29, 0.717) is 11.5 Å². The fraction of sp³-hybridized carbons (Fsp3) is 0.333. The van der Waals surface area contributed by atoms with E-state index in [9.17, 15) is 20.1 Å². The lowest BCUT2D eigenvalue weighted by Gasteiger charge is -2.42. The van der Waals surface area contributed by atoms with Crippen molar-refractivity contribution in [2.75, 3.05) is 13.7 Å². The first kappa shape index (κ1) is 28.8. The van der Waals surface area contributed by atoms with Gasteiger partial charge in [0.05, 0.1) is 13.7 Å². The van der Waals surface area contributed by atoms with Crippen molar-refractivity contribution in [3.05, 3.63) is 65.9 Å². The Kier molecular flexibility index (Phi) is 9.85. The number of para-hydroxylation sites is 1. The second-order valence-corrected chi connectivity index (χ2v) is 8.67. The van der Waals surface area contributed by atoms with E-state index in [-0.39, 0.29) is 24.0 Å². The summed E-state index contributed by atoms with van der Waals surface area (Å²) < 4.78 is 19.2. The third kappa shape index (κ3) is 6.39. The average molecular weight is 622 g/mol. The normalized spacial score (nSPS) is 23.5. The summed E-state index contributed by atoms with van der Waals surface area (Å²) in [5.74, 6) is 0.290. The highest BCUT2D eigenvalue weighted by Crippen LogP contribution is 2.32. The molecule has 2 heterocycles. The third-order valence-electron chi connectivity index (χ3n) is 6.25. The number of amides is 1. The minimum atomic E-state index is -1.40. The van der Waals surface area contributed by atoms with Gasteiger partial charge in [-0.2, -0.15) is 4.57 Å². The average Bonchev–Trinajstić information content (AvgIpc) is 2.88. The monoisotopic (exact) mass is 622 g/mol. The highest BCUT2D eigenvalue weighted by molar-refractivity contribution is 5.77. The molecular weight excluding hydrogens is 591 g/mol. The molecule has 1 fully saturated rings. The van der Waals surface area contributed by atoms with Crippen LogP contribution >= 0.6 is 0 Å². The van der Waals surface area contributed by atoms with Gasteiger partial charge in [0.2, 0.25) is 23.4 Å². The smallest absolute Gasteiger partial charge is 0.223 e. The summed E-state index contributed by atoms with van der Waals surface area (Å²) in [7, 11) is 3.52. The predicted octanol–water partition coefficient (Wildman–Crippen LogP) is -1.83. The number of benzene rings is 2. The molecular formula is C27H31IN2O7. The Labute approximate surface area is 232 Å². The largest absolute Gasteiger partial charge is 1.00 e. The van der Waals surface area contributed by atoms with Crippen LogP contribution in [0, 0.1) is 0 Å². The van der Waals surface area contributed by atoms with Crippen LogP contribution in [-0.4, -0.2) is 65.6 Å². The molecule has 4 rings (SSSR count). The molecule has 3 aromatic rings. The lowest BCUT2D eigenvalue weighted by atomic mass is 9.97. The number of pyridine rings is 1. The van der Waals surface area contributed by atoms with Crippen LogP contribution in [-0.2, 0) is 16.6 Å². The van der Waals surface area contributed by atoms with Gasteiger partial charge in [0.1, 0.15) is 31.4 Å². The van der Waals surface area contributed by atoms with Gasteiger partial charge >= 0.3 is 0 Å². The van der Waals surface area contributed by atoms with Gasteiger partial charge in [0, 0.05) is 30.5 Å². The summed E-state index contributed by atoms with van der Waals surface area (Å²) in [5, 5.41) is 33.9. The topological polar surface area (TPSA) is 121 Å². The van der Waals surface area contributed by atoms with Gasteiger partial charge in [-0.25, -0.2) is 0 Å². The second kappa shape index (κ2) is 12.7. The molecule has 0 spiro atoms. The SMILES string of the molecule is COc1cc(C=Cc2ccc3ccccc3[n+]2C)ccc1O[C@@H]1O[C@H](CO)[C@@H](O)[C@H](O)[C@H]1NC(C)=O.[I-]. The fourth-order valence-corrected chi connectivity index (χ4v) is 4.29. The summed E-state index contributed by atoms with van der Waals surface area (Å²) in [6.45, 7) is 0.753. The molecule has 1 aromatic heterocycles. The number of carbonyl (C=O) groups excluding carboxylic acids is 1. The molecule has 4 N–H and O–H groups in total. The van der Waals surface area contributed by atoms with Gasteiger partial charge in [-0.05, 0) is 35.9 Å². The number of rotatable bonds is 7. The molecule has 0 aliphatic carbocycles. The van der Waals surface area contributed by atoms with E-state index in [4.69, 9.17) is 14.2 Å². The Morgan fingerprint density at radius 3 is 2.54 bits per heavy atom. The van der Waals surface area contributed by atoms with Gasteiger partial charge in [-0.3, -0.25) is 4.79 Å². The zero-order valence-corrected chi connectivity index (χ0v) is 22.9. The van der Waals surface area contributed by atoms with Crippen LogP contribution in [0.15, 0.2) is 54.6 Å². The van der Waals surface area contributed by atoms with Gasteiger partial charge in [0.15, 0.2) is 11.5 Å². The first-order valence-electron chi connectivity index (χ1n) is 11.6. The maximum Gasteiger partial charge on any atom is 0.223 e. The number of hydrogen-bond donors (Lipinski definition) is 4. The van der Waals surface area contributed by atoms with Crippen LogP contribution in [0.1, 0.15) is 18.2 Å². The van der Waals surface area contributed by atoms with Crippen molar-refractivity contribution in [3.63, 3.8) is 0 Å². The Morgan fingerprint density at radius 1 is 1.08 bits per heavy atom. The minimum absolute atomic E-state index is 0. The standard InChI is InChI=1S/C27H30N2O7.HI/c1-16(31)28-24-26(33)25(32)23(15-30)36-27(24)35-21-13-9-17(14-22(21)34-3)8-11-19-12-10-18-6-4-5-7-20(18)29(19)2;/h4-14,23-27,30,32-33H,15H2,1-3H3;1H/t23-,24-,25-,26-,27-;/m1./s1. The third-order valence-corrected chi connectivity index (χ3v) is 6.25. The Balaban J connectivity index is 0.00000380. The number of aliphatic hydroxyl groups excluding tert-OH is 3. The number of aryl methyl sites for hydroxylation is 1. The predicted molar refractivity (Wildman–Crippen MR) is 133 cm³/mol. The molecule has 5 atom stereocenters. The number of aromatic nitrogens is 1. The molecule has 2 aromatic carbocycles. The summed E-state index contributed by atoms with van der Waals surface area (Å²) in [6, 6.07) is 16.5. The molecule has 0 saturated carbocycles. The molecule has 1 amide bonds. The lowest BCUT2D eigenvalue weighted by Crippen LogP contribution is -3.00. The Bertz CT molecular complexity index is 1270. The molecule has 37 heavy (non-hydrogen) atoms. The zero-order valence-electron chi connectivity index (χ0n) is 20.7. The van der Waals surface area contributed by atoms with Crippen LogP contribution in [0.4, 0.5) is 0 Å². The van der Waals surface area contributed by atoms with Crippen LogP contribution < -0.4 is 43.3 Å². The van der Waals surface area contributed by atoms with Crippen molar-refractivity contribution in [3.8, 4) is 11.5 Å². The maximum absolute atomic E-state index is 11.7. The zero-order chi connectivity index (χ0) is 25.8. The Hall–Kier alpha value is -2.77. The number of halogens is 1. The summed E-state index contributed by atoms with van der Waals surface area (Å²) in [5.41, 5.74) is 3.00. The van der Waals surface area contributed by atoms with Crippen LogP contribution in [0.25, 0.3) is 23.1 Å². The van der Waals surface area contributed by atoms with Crippen molar-refractivity contribution in [1.29, 1.82) is 0 Å². The van der Waals surface area contributed by atoms with Gasteiger partial charge < -0.3 is 58.8 Å². The van der Waals surface area contributed by atoms with E-state index in [1.165, 1.54) is 14.0 Å². The minimum Gasteiger partial charge on any atom is -1.00 e. The van der Waals surface area contributed by atoms with Crippen LogP contribution in [0.5, 0.6) is 11.5 Å². The molecule has 10 heteroatoms. The summed E-state index contributed by atoms with van der Waals surface area (Å²) in [4.78, 5) is 11.7. The van der Waals surface area contributed by atoms with Gasteiger partial charge in [0.25, 0.3) is 0 Å². The Morgan fingerprint density at radius 2 is 1.84 bits per heavy atom. The molecule has 9 nitrogen and oxygen atoms in total. The van der Waals surface area contributed by atoms with Crippen molar-refractivity contribution in [2.24, 2.45) is 7.05 Å². The summed E-state index contributed by atoms with van der Waals surface area (Å²) >= 11 is 0. The van der Waals surface area contributed by atoms with Crippen molar-refractivity contribution in [2.45, 2.75) is 37.6 Å². The quantitative estimate of drug-likeness (QED) is 0.181. The van der Waals surface area contributed by atoms with Crippen molar-refractivity contribution in [1.82, 2.24) is 5.32 Å². The molecule has 0 unspecified atom stereocenters. The van der Waals surface area contributed by atoms with Gasteiger partial charge in [-0.15, -0.1) is 0 Å². The number of nitrogens with one attached hydrogen (secondary N) is 1. The molecule has 0 bridgehead atoms. The first-order valence-corrected chi connectivity index (χ1v) is 11.6. The van der Waals surface area contributed by atoms with E-state index in [1.807, 2.05) is 43.5 Å². The van der Waals surface area contributed by atoms with E-state index in [0.717, 1.165) is 22.2 Å². The van der Waals surface area contributed by atoms with E-state index in [1.54, 1.807) is 12.1 Å². The highest BCUT2D eigenvalue weighted by atomic mass is 127. The lowest BCUT2D eigenvalue weighted by molar-refractivity contribution is -0.646. The number of aliphatic hydroxyl groups is 3. The molecule has 1 aliphatic heterocycles. The number of methoxy groups -OCH3 is 1. The van der Waals surface area contributed by atoms with Gasteiger partial charge in [-0.1, -0.05) is 18.2 Å². The fourth-order valence-electron chi connectivity index (χ4n) is 4.29. The van der Waals surface area contributed by atoms with Crippen LogP contribution in [0.3, 0.4) is 0 Å². The number of carbonyl (C=O) groups is 1. The van der Waals surface area contributed by atoms with Crippen molar-refractivity contribution < 1.29 is 62.9 Å². The highest BCUT2D eigenvalue weighted by Gasteiger charge is 2.46. The first-order chi connectivity index (χ1) is 17.3. The number of hydrogen-bond acceptors (Lipinski definition) is 7. The van der Waals surface area contributed by atoms with E-state index >= 15 is 0 Å². The molecule has 1 aliphatic rings.